The normalized spacial score (nSPS) is 14.8. The van der Waals surface area contributed by atoms with Crippen molar-refractivity contribution >= 4 is 40.6 Å². The van der Waals surface area contributed by atoms with E-state index in [0.29, 0.717) is 11.3 Å². The van der Waals surface area contributed by atoms with Gasteiger partial charge < -0.3 is 9.47 Å². The Morgan fingerprint density at radius 3 is 2.53 bits per heavy atom. The summed E-state index contributed by atoms with van der Waals surface area (Å²) in [6.45, 7) is 3.56. The lowest BCUT2D eigenvalue weighted by Gasteiger charge is -2.12. The maximum absolute atomic E-state index is 12.5. The van der Waals surface area contributed by atoms with Gasteiger partial charge in [-0.15, -0.1) is 0 Å². The van der Waals surface area contributed by atoms with Gasteiger partial charge in [-0.1, -0.05) is 26.0 Å². The number of imide groups is 1. The van der Waals surface area contributed by atoms with Gasteiger partial charge >= 0.3 is 5.97 Å². The predicted octanol–water partition coefficient (Wildman–Crippen LogP) is 4.02. The smallest absolute Gasteiger partial charge is 0.326 e. The van der Waals surface area contributed by atoms with Gasteiger partial charge in [-0.25, -0.2) is 4.98 Å². The molecule has 0 N–H and O–H groups in total. The van der Waals surface area contributed by atoms with E-state index in [4.69, 9.17) is 9.47 Å². The summed E-state index contributed by atoms with van der Waals surface area (Å²) in [4.78, 5) is 51.5. The Kier molecular flexibility index (Phi) is 7.21. The van der Waals surface area contributed by atoms with Gasteiger partial charge in [0.1, 0.15) is 18.5 Å². The molecule has 1 saturated heterocycles. The fourth-order valence-corrected chi connectivity index (χ4v) is 3.35. The second-order valence-electron chi connectivity index (χ2n) is 7.13. The third-order valence-electron chi connectivity index (χ3n) is 4.07. The van der Waals surface area contributed by atoms with Crippen molar-refractivity contribution in [1.82, 2.24) is 9.88 Å². The Bertz CT molecular complexity index is 1070. The number of hydrogen-bond acceptors (Lipinski definition) is 9. The lowest BCUT2D eigenvalue weighted by Crippen LogP contribution is -2.34. The van der Waals surface area contributed by atoms with Crippen molar-refractivity contribution in [1.29, 1.82) is 0 Å². The van der Waals surface area contributed by atoms with E-state index in [0.717, 1.165) is 22.9 Å². The molecular weight excluding hydrogens is 438 g/mol. The number of rotatable bonds is 8. The second kappa shape index (κ2) is 10.1. The number of aromatic nitrogens is 1. The van der Waals surface area contributed by atoms with Crippen molar-refractivity contribution in [3.8, 4) is 11.6 Å². The van der Waals surface area contributed by atoms with E-state index in [2.05, 4.69) is 4.98 Å². The number of carbonyl (C=O) groups is 3. The van der Waals surface area contributed by atoms with Gasteiger partial charge in [0.25, 0.3) is 16.8 Å². The number of ether oxygens (including phenoxy) is 2. The first kappa shape index (κ1) is 22.9. The van der Waals surface area contributed by atoms with Crippen LogP contribution < -0.4 is 4.74 Å². The van der Waals surface area contributed by atoms with E-state index in [9.17, 15) is 24.5 Å². The molecule has 0 bridgehead atoms. The van der Waals surface area contributed by atoms with E-state index in [1.54, 1.807) is 24.3 Å². The first-order chi connectivity index (χ1) is 15.2. The Balaban J connectivity index is 1.63. The molecule has 1 aliphatic rings. The highest BCUT2D eigenvalue weighted by molar-refractivity contribution is 8.18. The highest BCUT2D eigenvalue weighted by Gasteiger charge is 2.36. The van der Waals surface area contributed by atoms with Gasteiger partial charge in [-0.05, 0) is 41.5 Å². The van der Waals surface area contributed by atoms with Crippen LogP contribution >= 0.6 is 11.8 Å². The van der Waals surface area contributed by atoms with Gasteiger partial charge in [0.2, 0.25) is 5.88 Å². The maximum atomic E-state index is 12.5. The van der Waals surface area contributed by atoms with Gasteiger partial charge in [-0.2, -0.15) is 0 Å². The molecule has 0 unspecified atom stereocenters. The Morgan fingerprint density at radius 2 is 1.94 bits per heavy atom. The molecule has 1 fully saturated rings. The van der Waals surface area contributed by atoms with Crippen LogP contribution in [-0.4, -0.2) is 45.1 Å². The van der Waals surface area contributed by atoms with E-state index < -0.39 is 28.6 Å². The predicted molar refractivity (Wildman–Crippen MR) is 116 cm³/mol. The molecule has 0 atom stereocenters. The zero-order valence-corrected chi connectivity index (χ0v) is 18.0. The van der Waals surface area contributed by atoms with Crippen LogP contribution in [0.1, 0.15) is 19.4 Å². The van der Waals surface area contributed by atoms with Crippen molar-refractivity contribution in [2.75, 3.05) is 13.2 Å². The molecule has 0 saturated carbocycles. The van der Waals surface area contributed by atoms with Crippen LogP contribution in [0.2, 0.25) is 0 Å². The number of pyridine rings is 1. The SMILES string of the molecule is CC(C)COC(=O)CN1C(=O)S/C(=C\c2ccc(Oc3ccc([N+](=O)[O-])cn3)cc2)C1=O. The summed E-state index contributed by atoms with van der Waals surface area (Å²) in [5.41, 5.74) is 0.497. The summed E-state index contributed by atoms with van der Waals surface area (Å²) >= 11 is 0.748. The summed E-state index contributed by atoms with van der Waals surface area (Å²) in [5.74, 6) is -0.421. The standard InChI is InChI=1S/C21H19N3O7S/c1-13(2)12-30-19(25)11-23-20(26)17(32-21(23)27)9-14-3-6-16(7-4-14)31-18-8-5-15(10-22-18)24(28)29/h3-10,13H,11-12H2,1-2H3/b17-9-. The van der Waals surface area contributed by atoms with Crippen LogP contribution in [0, 0.1) is 16.0 Å². The number of carbonyl (C=O) groups excluding carboxylic acids is 3. The number of benzene rings is 1. The summed E-state index contributed by atoms with van der Waals surface area (Å²) in [7, 11) is 0. The highest BCUT2D eigenvalue weighted by Crippen LogP contribution is 2.32. The quantitative estimate of drug-likeness (QED) is 0.250. The number of nitro groups is 1. The third-order valence-corrected chi connectivity index (χ3v) is 4.98. The minimum atomic E-state index is -0.636. The molecule has 32 heavy (non-hydrogen) atoms. The lowest BCUT2D eigenvalue weighted by atomic mass is 10.2. The van der Waals surface area contributed by atoms with Gasteiger partial charge in [0.15, 0.2) is 0 Å². The van der Waals surface area contributed by atoms with Crippen LogP contribution in [0.5, 0.6) is 11.6 Å². The molecule has 1 aromatic carbocycles. The molecule has 10 nitrogen and oxygen atoms in total. The van der Waals surface area contributed by atoms with E-state index in [1.807, 2.05) is 13.8 Å². The number of nitrogens with zero attached hydrogens (tertiary/aromatic N) is 3. The maximum Gasteiger partial charge on any atom is 0.326 e. The summed E-state index contributed by atoms with van der Waals surface area (Å²) in [5, 5.41) is 10.1. The zero-order valence-electron chi connectivity index (χ0n) is 17.2. The second-order valence-corrected chi connectivity index (χ2v) is 8.12. The molecule has 3 rings (SSSR count). The molecule has 1 aromatic heterocycles. The molecule has 1 aliphatic heterocycles. The number of amides is 2. The Morgan fingerprint density at radius 1 is 1.22 bits per heavy atom. The van der Waals surface area contributed by atoms with Gasteiger partial charge in [-0.3, -0.25) is 29.4 Å². The fraction of sp³-hybridized carbons (Fsp3) is 0.238. The van der Waals surface area contributed by atoms with Crippen LogP contribution in [0.4, 0.5) is 10.5 Å². The topological polar surface area (TPSA) is 129 Å². The van der Waals surface area contributed by atoms with Crippen LogP contribution in [0.25, 0.3) is 6.08 Å². The van der Waals surface area contributed by atoms with Crippen molar-refractivity contribution in [2.45, 2.75) is 13.8 Å². The van der Waals surface area contributed by atoms with Crippen LogP contribution in [0.15, 0.2) is 47.5 Å². The molecular formula is C21H19N3O7S. The van der Waals surface area contributed by atoms with Crippen molar-refractivity contribution in [3.05, 3.63) is 63.2 Å². The number of hydrogen-bond donors (Lipinski definition) is 0. The average Bonchev–Trinajstić information content (AvgIpc) is 3.01. The summed E-state index contributed by atoms with van der Waals surface area (Å²) in [6, 6.07) is 9.27. The molecule has 2 amide bonds. The fourth-order valence-electron chi connectivity index (χ4n) is 2.52. The Labute approximate surface area is 187 Å². The first-order valence-electron chi connectivity index (χ1n) is 9.52. The van der Waals surface area contributed by atoms with Gasteiger partial charge in [0, 0.05) is 12.1 Å². The van der Waals surface area contributed by atoms with E-state index in [1.165, 1.54) is 18.2 Å². The zero-order chi connectivity index (χ0) is 23.3. The van der Waals surface area contributed by atoms with Crippen LogP contribution in [-0.2, 0) is 14.3 Å². The summed E-state index contributed by atoms with van der Waals surface area (Å²) < 4.78 is 10.6. The molecule has 166 valence electrons. The molecule has 2 heterocycles. The van der Waals surface area contributed by atoms with E-state index in [-0.39, 0.29) is 29.0 Å². The minimum absolute atomic E-state index is 0.144. The lowest BCUT2D eigenvalue weighted by molar-refractivity contribution is -0.385. The molecule has 2 aromatic rings. The number of esters is 1. The molecule has 11 heteroatoms. The summed E-state index contributed by atoms with van der Waals surface area (Å²) in [6.07, 6.45) is 2.64. The van der Waals surface area contributed by atoms with Crippen molar-refractivity contribution < 1.29 is 28.8 Å². The minimum Gasteiger partial charge on any atom is -0.464 e. The van der Waals surface area contributed by atoms with Crippen molar-refractivity contribution in [2.24, 2.45) is 5.92 Å². The Hall–Kier alpha value is -3.73. The van der Waals surface area contributed by atoms with Crippen LogP contribution in [0.3, 0.4) is 0 Å². The largest absolute Gasteiger partial charge is 0.464 e. The molecule has 0 aliphatic carbocycles. The number of thioether (sulfide) groups is 1. The average molecular weight is 457 g/mol. The van der Waals surface area contributed by atoms with E-state index >= 15 is 0 Å². The highest BCUT2D eigenvalue weighted by atomic mass is 32.2. The molecule has 0 spiro atoms. The first-order valence-corrected chi connectivity index (χ1v) is 10.3. The third kappa shape index (κ3) is 5.91. The van der Waals surface area contributed by atoms with Gasteiger partial charge in [0.05, 0.1) is 16.4 Å². The monoisotopic (exact) mass is 457 g/mol. The molecule has 0 radical (unpaired) electrons. The van der Waals surface area contributed by atoms with Crippen molar-refractivity contribution in [3.63, 3.8) is 0 Å².